The van der Waals surface area contributed by atoms with Gasteiger partial charge < -0.3 is 5.32 Å². The van der Waals surface area contributed by atoms with Gasteiger partial charge in [0, 0.05) is 11.6 Å². The summed E-state index contributed by atoms with van der Waals surface area (Å²) in [5, 5.41) is 4.07. The minimum atomic E-state index is 0.771. The molecule has 2 rings (SSSR count). The lowest BCUT2D eigenvalue weighted by Crippen LogP contribution is -2.11. The average Bonchev–Trinajstić information content (AvgIpc) is 2.48. The molecule has 0 aliphatic carbocycles. The van der Waals surface area contributed by atoms with Crippen LogP contribution in [0.2, 0.25) is 5.02 Å². The standard InChI is InChI=1S/C18H20ClN/c1-3-20-13-12-14(2)15-4-6-16(7-5-15)17-8-10-18(19)11-9-17/h4-12,20H,3,13H2,1-2H3. The summed E-state index contributed by atoms with van der Waals surface area (Å²) in [5.74, 6) is 0. The van der Waals surface area contributed by atoms with Gasteiger partial charge >= 0.3 is 0 Å². The summed E-state index contributed by atoms with van der Waals surface area (Å²) in [7, 11) is 0. The highest BCUT2D eigenvalue weighted by Crippen LogP contribution is 2.23. The van der Waals surface area contributed by atoms with Crippen LogP contribution in [-0.2, 0) is 0 Å². The minimum Gasteiger partial charge on any atom is -0.314 e. The molecule has 0 atom stereocenters. The summed E-state index contributed by atoms with van der Waals surface area (Å²) < 4.78 is 0. The molecular weight excluding hydrogens is 266 g/mol. The summed E-state index contributed by atoms with van der Waals surface area (Å²) in [5.41, 5.74) is 4.97. The zero-order valence-electron chi connectivity index (χ0n) is 12.0. The van der Waals surface area contributed by atoms with Gasteiger partial charge in [-0.15, -0.1) is 0 Å². The molecule has 2 aromatic rings. The molecule has 0 amide bonds. The fourth-order valence-electron chi connectivity index (χ4n) is 2.06. The maximum atomic E-state index is 5.91. The summed E-state index contributed by atoms with van der Waals surface area (Å²) in [4.78, 5) is 0. The first-order chi connectivity index (χ1) is 9.70. The molecular formula is C18H20ClN. The van der Waals surface area contributed by atoms with Crippen LogP contribution in [0.3, 0.4) is 0 Å². The number of hydrogen-bond acceptors (Lipinski definition) is 1. The van der Waals surface area contributed by atoms with Crippen LogP contribution in [0.1, 0.15) is 19.4 Å². The van der Waals surface area contributed by atoms with Gasteiger partial charge in [-0.25, -0.2) is 0 Å². The highest BCUT2D eigenvalue weighted by molar-refractivity contribution is 6.30. The molecule has 0 spiro atoms. The second-order valence-electron chi connectivity index (χ2n) is 4.78. The Morgan fingerprint density at radius 2 is 1.55 bits per heavy atom. The van der Waals surface area contributed by atoms with E-state index in [-0.39, 0.29) is 0 Å². The van der Waals surface area contributed by atoms with Gasteiger partial charge in [0.2, 0.25) is 0 Å². The maximum absolute atomic E-state index is 5.91. The van der Waals surface area contributed by atoms with E-state index < -0.39 is 0 Å². The molecule has 0 saturated carbocycles. The van der Waals surface area contributed by atoms with Crippen molar-refractivity contribution in [1.82, 2.24) is 5.32 Å². The number of halogens is 1. The Kier molecular flexibility index (Phi) is 5.40. The molecule has 0 bridgehead atoms. The van der Waals surface area contributed by atoms with E-state index in [1.165, 1.54) is 22.3 Å². The molecule has 0 saturated heterocycles. The Balaban J connectivity index is 2.13. The molecule has 0 unspecified atom stereocenters. The summed E-state index contributed by atoms with van der Waals surface area (Å²) in [6, 6.07) is 16.6. The quantitative estimate of drug-likeness (QED) is 0.761. The summed E-state index contributed by atoms with van der Waals surface area (Å²) in [6.07, 6.45) is 2.22. The Hall–Kier alpha value is -1.57. The fourth-order valence-corrected chi connectivity index (χ4v) is 2.18. The molecule has 20 heavy (non-hydrogen) atoms. The van der Waals surface area contributed by atoms with E-state index >= 15 is 0 Å². The molecule has 0 aliphatic heterocycles. The highest BCUT2D eigenvalue weighted by atomic mass is 35.5. The summed E-state index contributed by atoms with van der Waals surface area (Å²) >= 11 is 5.91. The number of benzene rings is 2. The van der Waals surface area contributed by atoms with Gasteiger partial charge in [0.25, 0.3) is 0 Å². The van der Waals surface area contributed by atoms with Gasteiger partial charge in [-0.05, 0) is 47.9 Å². The molecule has 1 nitrogen and oxygen atoms in total. The van der Waals surface area contributed by atoms with E-state index in [4.69, 9.17) is 11.6 Å². The van der Waals surface area contributed by atoms with Crippen LogP contribution in [0.25, 0.3) is 16.7 Å². The van der Waals surface area contributed by atoms with Crippen LogP contribution in [0, 0.1) is 0 Å². The van der Waals surface area contributed by atoms with E-state index in [1.807, 2.05) is 24.3 Å². The van der Waals surface area contributed by atoms with Gasteiger partial charge in [0.15, 0.2) is 0 Å². The Bertz CT molecular complexity index is 567. The lowest BCUT2D eigenvalue weighted by molar-refractivity contribution is 0.800. The number of allylic oxidation sites excluding steroid dienone is 1. The van der Waals surface area contributed by atoms with Gasteiger partial charge in [-0.3, -0.25) is 0 Å². The first-order valence-corrected chi connectivity index (χ1v) is 7.32. The molecule has 2 heteroatoms. The van der Waals surface area contributed by atoms with Crippen molar-refractivity contribution in [3.8, 4) is 11.1 Å². The molecule has 0 fully saturated rings. The first kappa shape index (κ1) is 14.8. The van der Waals surface area contributed by atoms with Crippen LogP contribution >= 0.6 is 11.6 Å². The summed E-state index contributed by atoms with van der Waals surface area (Å²) in [6.45, 7) is 6.18. The number of rotatable bonds is 5. The lowest BCUT2D eigenvalue weighted by Gasteiger charge is -2.06. The topological polar surface area (TPSA) is 12.0 Å². The zero-order chi connectivity index (χ0) is 14.4. The predicted octanol–water partition coefficient (Wildman–Crippen LogP) is 5.02. The van der Waals surface area contributed by atoms with Gasteiger partial charge in [-0.2, -0.15) is 0 Å². The Morgan fingerprint density at radius 1 is 1.00 bits per heavy atom. The van der Waals surface area contributed by atoms with Crippen LogP contribution in [0.4, 0.5) is 0 Å². The first-order valence-electron chi connectivity index (χ1n) is 6.94. The zero-order valence-corrected chi connectivity index (χ0v) is 12.7. The Labute approximate surface area is 126 Å². The number of hydrogen-bond donors (Lipinski definition) is 1. The van der Waals surface area contributed by atoms with E-state index in [9.17, 15) is 0 Å². The van der Waals surface area contributed by atoms with Crippen molar-refractivity contribution in [2.24, 2.45) is 0 Å². The molecule has 104 valence electrons. The molecule has 1 N–H and O–H groups in total. The maximum Gasteiger partial charge on any atom is 0.0406 e. The monoisotopic (exact) mass is 285 g/mol. The smallest absolute Gasteiger partial charge is 0.0406 e. The van der Waals surface area contributed by atoms with E-state index in [1.54, 1.807) is 0 Å². The van der Waals surface area contributed by atoms with Crippen LogP contribution < -0.4 is 5.32 Å². The minimum absolute atomic E-state index is 0.771. The second kappa shape index (κ2) is 7.28. The average molecular weight is 286 g/mol. The fraction of sp³-hybridized carbons (Fsp3) is 0.222. The van der Waals surface area contributed by atoms with Crippen LogP contribution in [0.15, 0.2) is 54.6 Å². The second-order valence-corrected chi connectivity index (χ2v) is 5.22. The van der Waals surface area contributed by atoms with E-state index in [2.05, 4.69) is 49.5 Å². The number of likely N-dealkylation sites (N-methyl/N-ethyl adjacent to an activating group) is 1. The molecule has 0 radical (unpaired) electrons. The predicted molar refractivity (Wildman–Crippen MR) is 89.1 cm³/mol. The lowest BCUT2D eigenvalue weighted by atomic mass is 10.0. The van der Waals surface area contributed by atoms with Gasteiger partial charge in [0.1, 0.15) is 0 Å². The third-order valence-corrected chi connectivity index (χ3v) is 3.57. The van der Waals surface area contributed by atoms with Crippen LogP contribution in [0.5, 0.6) is 0 Å². The number of nitrogens with one attached hydrogen (secondary N) is 1. The largest absolute Gasteiger partial charge is 0.314 e. The van der Waals surface area contributed by atoms with Crippen molar-refractivity contribution in [3.63, 3.8) is 0 Å². The van der Waals surface area contributed by atoms with Crippen molar-refractivity contribution in [2.45, 2.75) is 13.8 Å². The Morgan fingerprint density at radius 3 is 2.10 bits per heavy atom. The highest BCUT2D eigenvalue weighted by Gasteiger charge is 1.99. The molecule has 0 aromatic heterocycles. The third kappa shape index (κ3) is 3.96. The van der Waals surface area contributed by atoms with E-state index in [0.29, 0.717) is 0 Å². The van der Waals surface area contributed by atoms with Gasteiger partial charge in [-0.1, -0.05) is 61.0 Å². The SMILES string of the molecule is CCNCC=C(C)c1ccc(-c2ccc(Cl)cc2)cc1. The van der Waals surface area contributed by atoms with Crippen molar-refractivity contribution in [3.05, 3.63) is 65.2 Å². The van der Waals surface area contributed by atoms with Gasteiger partial charge in [0.05, 0.1) is 0 Å². The normalized spacial score (nSPS) is 11.7. The van der Waals surface area contributed by atoms with Crippen LogP contribution in [-0.4, -0.2) is 13.1 Å². The molecule has 0 aliphatic rings. The van der Waals surface area contributed by atoms with Crippen molar-refractivity contribution >= 4 is 17.2 Å². The molecule has 0 heterocycles. The van der Waals surface area contributed by atoms with Crippen molar-refractivity contribution in [2.75, 3.05) is 13.1 Å². The third-order valence-electron chi connectivity index (χ3n) is 3.32. The van der Waals surface area contributed by atoms with Crippen molar-refractivity contribution < 1.29 is 0 Å². The van der Waals surface area contributed by atoms with E-state index in [0.717, 1.165) is 18.1 Å². The molecule has 2 aromatic carbocycles. The van der Waals surface area contributed by atoms with Crippen molar-refractivity contribution in [1.29, 1.82) is 0 Å².